The summed E-state index contributed by atoms with van der Waals surface area (Å²) in [5, 5.41) is 8.82. The van der Waals surface area contributed by atoms with Gasteiger partial charge in [0.05, 0.1) is 6.10 Å². The van der Waals surface area contributed by atoms with Crippen molar-refractivity contribution < 1.29 is 9.90 Å². The van der Waals surface area contributed by atoms with Gasteiger partial charge < -0.3 is 10.8 Å². The number of rotatable bonds is 0. The summed E-state index contributed by atoms with van der Waals surface area (Å²) in [6, 6.07) is -0.303. The van der Waals surface area contributed by atoms with Gasteiger partial charge in [-0.15, -0.1) is 0 Å². The van der Waals surface area contributed by atoms with Crippen LogP contribution in [0.5, 0.6) is 0 Å². The van der Waals surface area contributed by atoms with Crippen molar-refractivity contribution in [3.05, 3.63) is 0 Å². The molecule has 8 heavy (non-hydrogen) atoms. The average molecular weight is 115 g/mol. The van der Waals surface area contributed by atoms with E-state index in [1.54, 1.807) is 0 Å². The third-order valence-electron chi connectivity index (χ3n) is 1.39. The Labute approximate surface area is 47.5 Å². The van der Waals surface area contributed by atoms with Gasteiger partial charge >= 0.3 is 0 Å². The first-order chi connectivity index (χ1) is 3.70. The van der Waals surface area contributed by atoms with Crippen LogP contribution in [0.2, 0.25) is 0 Å². The molecule has 3 N–H and O–H groups in total. The van der Waals surface area contributed by atoms with Gasteiger partial charge in [0.25, 0.3) is 0 Å². The SMILES string of the molecule is N[C@H]1CC(=O)C[C@@H]1O. The number of ketones is 1. The van der Waals surface area contributed by atoms with Crippen LogP contribution in [0.25, 0.3) is 0 Å². The predicted octanol–water partition coefficient (Wildman–Crippen LogP) is -0.963. The Morgan fingerprint density at radius 2 is 2.25 bits per heavy atom. The minimum absolute atomic E-state index is 0.0741. The monoisotopic (exact) mass is 115 g/mol. The second kappa shape index (κ2) is 1.84. The number of carbonyl (C=O) groups excluding carboxylic acids is 1. The molecule has 0 unspecified atom stereocenters. The molecule has 0 bridgehead atoms. The number of aliphatic hydroxyl groups is 1. The topological polar surface area (TPSA) is 63.3 Å². The number of hydrogen-bond donors (Lipinski definition) is 2. The molecule has 1 rings (SSSR count). The van der Waals surface area contributed by atoms with Crippen LogP contribution in [0.15, 0.2) is 0 Å². The molecule has 0 aromatic heterocycles. The molecule has 0 aliphatic heterocycles. The zero-order valence-corrected chi connectivity index (χ0v) is 4.50. The van der Waals surface area contributed by atoms with Crippen molar-refractivity contribution >= 4 is 5.78 Å². The molecule has 0 amide bonds. The molecule has 1 aliphatic carbocycles. The zero-order chi connectivity index (χ0) is 6.15. The van der Waals surface area contributed by atoms with Crippen LogP contribution in [-0.2, 0) is 4.79 Å². The lowest BCUT2D eigenvalue weighted by Crippen LogP contribution is -2.28. The summed E-state index contributed by atoms with van der Waals surface area (Å²) in [7, 11) is 0. The van der Waals surface area contributed by atoms with Crippen LogP contribution < -0.4 is 5.73 Å². The molecule has 0 saturated heterocycles. The first-order valence-electron chi connectivity index (χ1n) is 2.65. The molecule has 2 atom stereocenters. The first kappa shape index (κ1) is 5.72. The maximum atomic E-state index is 10.4. The minimum atomic E-state index is -0.581. The van der Waals surface area contributed by atoms with E-state index in [0.29, 0.717) is 6.42 Å². The highest BCUT2D eigenvalue weighted by atomic mass is 16.3. The van der Waals surface area contributed by atoms with Crippen molar-refractivity contribution in [2.24, 2.45) is 5.73 Å². The van der Waals surface area contributed by atoms with Crippen LogP contribution in [0.4, 0.5) is 0 Å². The van der Waals surface area contributed by atoms with Gasteiger partial charge in [0.2, 0.25) is 0 Å². The molecule has 3 heteroatoms. The lowest BCUT2D eigenvalue weighted by molar-refractivity contribution is -0.117. The molecule has 0 aromatic rings. The van der Waals surface area contributed by atoms with Gasteiger partial charge in [-0.3, -0.25) is 4.79 Å². The summed E-state index contributed by atoms with van der Waals surface area (Å²) >= 11 is 0. The van der Waals surface area contributed by atoms with Gasteiger partial charge in [-0.05, 0) is 0 Å². The Morgan fingerprint density at radius 3 is 2.38 bits per heavy atom. The fourth-order valence-electron chi connectivity index (χ4n) is 0.867. The van der Waals surface area contributed by atoms with Gasteiger partial charge in [-0.2, -0.15) is 0 Å². The molecule has 1 aliphatic rings. The predicted molar refractivity (Wildman–Crippen MR) is 28.2 cm³/mol. The first-order valence-corrected chi connectivity index (χ1v) is 2.65. The van der Waals surface area contributed by atoms with E-state index < -0.39 is 6.10 Å². The van der Waals surface area contributed by atoms with E-state index in [1.807, 2.05) is 0 Å². The lowest BCUT2D eigenvalue weighted by Gasteiger charge is -2.03. The van der Waals surface area contributed by atoms with Gasteiger partial charge in [0.15, 0.2) is 0 Å². The zero-order valence-electron chi connectivity index (χ0n) is 4.50. The second-order valence-corrected chi connectivity index (χ2v) is 2.18. The Kier molecular flexibility index (Phi) is 1.31. The summed E-state index contributed by atoms with van der Waals surface area (Å²) in [5.74, 6) is 0.0741. The fourth-order valence-corrected chi connectivity index (χ4v) is 0.867. The molecule has 0 aromatic carbocycles. The van der Waals surface area contributed by atoms with E-state index in [4.69, 9.17) is 10.8 Å². The fraction of sp³-hybridized carbons (Fsp3) is 0.800. The summed E-state index contributed by atoms with van der Waals surface area (Å²) in [6.45, 7) is 0. The minimum Gasteiger partial charge on any atom is -0.391 e. The number of hydrogen-bond acceptors (Lipinski definition) is 3. The Morgan fingerprint density at radius 1 is 1.62 bits per heavy atom. The van der Waals surface area contributed by atoms with Crippen LogP contribution in [0, 0.1) is 0 Å². The highest BCUT2D eigenvalue weighted by molar-refractivity contribution is 5.82. The molecule has 0 heterocycles. The number of aliphatic hydroxyl groups excluding tert-OH is 1. The average Bonchev–Trinajstić information content (AvgIpc) is 1.85. The van der Waals surface area contributed by atoms with Gasteiger partial charge in [0.1, 0.15) is 5.78 Å². The van der Waals surface area contributed by atoms with Gasteiger partial charge in [-0.1, -0.05) is 0 Å². The molecule has 1 saturated carbocycles. The maximum absolute atomic E-state index is 10.4. The van der Waals surface area contributed by atoms with Crippen LogP contribution in [0.3, 0.4) is 0 Å². The van der Waals surface area contributed by atoms with Crippen molar-refractivity contribution in [1.29, 1.82) is 0 Å². The van der Waals surface area contributed by atoms with E-state index in [1.165, 1.54) is 0 Å². The molecular formula is C5H9NO2. The van der Waals surface area contributed by atoms with E-state index >= 15 is 0 Å². The molecule has 3 nitrogen and oxygen atoms in total. The maximum Gasteiger partial charge on any atom is 0.137 e. The standard InChI is InChI=1S/C5H9NO2/c6-4-1-3(7)2-5(4)8/h4-5,8H,1-2,6H2/t4-,5-/m0/s1. The van der Waals surface area contributed by atoms with Crippen molar-refractivity contribution in [2.75, 3.05) is 0 Å². The van der Waals surface area contributed by atoms with Crippen molar-refractivity contribution in [2.45, 2.75) is 25.0 Å². The van der Waals surface area contributed by atoms with E-state index in [-0.39, 0.29) is 18.2 Å². The Hall–Kier alpha value is -0.410. The Balaban J connectivity index is 2.51. The van der Waals surface area contributed by atoms with E-state index in [9.17, 15) is 4.79 Å². The number of Topliss-reactive ketones (excluding diaryl/α,β-unsaturated/α-hetero) is 1. The van der Waals surface area contributed by atoms with Crippen LogP contribution in [-0.4, -0.2) is 23.0 Å². The molecule has 0 spiro atoms. The van der Waals surface area contributed by atoms with Crippen LogP contribution >= 0.6 is 0 Å². The summed E-state index contributed by atoms with van der Waals surface area (Å²) in [4.78, 5) is 10.4. The van der Waals surface area contributed by atoms with Crippen molar-refractivity contribution in [3.8, 4) is 0 Å². The second-order valence-electron chi connectivity index (χ2n) is 2.18. The normalized spacial score (nSPS) is 38.5. The smallest absolute Gasteiger partial charge is 0.137 e. The summed E-state index contributed by atoms with van der Waals surface area (Å²) < 4.78 is 0. The van der Waals surface area contributed by atoms with Gasteiger partial charge in [0, 0.05) is 18.9 Å². The van der Waals surface area contributed by atoms with Crippen molar-refractivity contribution in [3.63, 3.8) is 0 Å². The number of carbonyl (C=O) groups is 1. The molecule has 1 fully saturated rings. The van der Waals surface area contributed by atoms with E-state index in [2.05, 4.69) is 0 Å². The quantitative estimate of drug-likeness (QED) is 0.427. The number of nitrogens with two attached hydrogens (primary N) is 1. The van der Waals surface area contributed by atoms with E-state index in [0.717, 1.165) is 0 Å². The lowest BCUT2D eigenvalue weighted by atomic mass is 10.2. The highest BCUT2D eigenvalue weighted by Crippen LogP contribution is 2.12. The van der Waals surface area contributed by atoms with Crippen LogP contribution in [0.1, 0.15) is 12.8 Å². The molecular weight excluding hydrogens is 106 g/mol. The molecule has 46 valence electrons. The van der Waals surface area contributed by atoms with Crippen molar-refractivity contribution in [1.82, 2.24) is 0 Å². The Bertz CT molecular complexity index is 101. The largest absolute Gasteiger partial charge is 0.391 e. The molecule has 0 radical (unpaired) electrons. The third-order valence-corrected chi connectivity index (χ3v) is 1.39. The summed E-state index contributed by atoms with van der Waals surface area (Å²) in [5.41, 5.74) is 5.30. The van der Waals surface area contributed by atoms with Gasteiger partial charge in [-0.25, -0.2) is 0 Å². The highest BCUT2D eigenvalue weighted by Gasteiger charge is 2.27. The third kappa shape index (κ3) is 0.877. The summed E-state index contributed by atoms with van der Waals surface area (Å²) in [6.07, 6.45) is 0.0185.